The lowest BCUT2D eigenvalue weighted by Gasteiger charge is -2.01. The predicted molar refractivity (Wildman–Crippen MR) is 96.7 cm³/mol. The molecule has 134 valence electrons. The molecule has 0 spiro atoms. The molecule has 0 saturated heterocycles. The molecule has 0 unspecified atom stereocenters. The van der Waals surface area contributed by atoms with E-state index in [-0.39, 0.29) is 17.5 Å². The minimum atomic E-state index is -0.497. The normalized spacial score (nSPS) is 11.8. The molecule has 0 fully saturated rings. The zero-order chi connectivity index (χ0) is 18.4. The van der Waals surface area contributed by atoms with E-state index in [9.17, 15) is 19.7 Å². The number of fused-ring (bicyclic) bond motifs is 1. The van der Waals surface area contributed by atoms with E-state index >= 15 is 0 Å². The highest BCUT2D eigenvalue weighted by atomic mass is 32.1. The summed E-state index contributed by atoms with van der Waals surface area (Å²) in [5.41, 5.74) is 0.467. The highest BCUT2D eigenvalue weighted by molar-refractivity contribution is 7.06. The highest BCUT2D eigenvalue weighted by Gasteiger charge is 2.16. The lowest BCUT2D eigenvalue weighted by atomic mass is 10.2. The van der Waals surface area contributed by atoms with Crippen molar-refractivity contribution in [1.29, 1.82) is 0 Å². The number of aromatic nitrogens is 1. The smallest absolute Gasteiger partial charge is 0.270 e. The topological polar surface area (TPSA) is 94.6 Å². The van der Waals surface area contributed by atoms with Crippen LogP contribution in [0.25, 0.3) is 10.9 Å². The van der Waals surface area contributed by atoms with Crippen LogP contribution < -0.4 is 4.67 Å². The zero-order valence-electron chi connectivity index (χ0n) is 14.4. The Labute approximate surface area is 149 Å². The lowest BCUT2D eigenvalue weighted by molar-refractivity contribution is -0.384. The van der Waals surface area contributed by atoms with Crippen LogP contribution in [0.4, 0.5) is 5.69 Å². The summed E-state index contributed by atoms with van der Waals surface area (Å²) in [6.45, 7) is 3.98. The Morgan fingerprint density at radius 2 is 1.88 bits per heavy atom. The number of hydrogen-bond acceptors (Lipinski definition) is 5. The number of carbonyl (C=O) groups is 2. The van der Waals surface area contributed by atoms with Crippen molar-refractivity contribution < 1.29 is 14.5 Å². The Morgan fingerprint density at radius 3 is 2.52 bits per heavy atom. The molecule has 1 heterocycles. The number of hydrogen-bond donors (Lipinski definition) is 0. The van der Waals surface area contributed by atoms with E-state index in [4.69, 9.17) is 0 Å². The molecule has 0 radical (unpaired) electrons. The summed E-state index contributed by atoms with van der Waals surface area (Å²) >= 11 is 1.07. The number of unbranched alkanes of at least 4 members (excludes halogenated alkanes) is 2. The minimum absolute atomic E-state index is 0.0871. The summed E-state index contributed by atoms with van der Waals surface area (Å²) in [7, 11) is 0. The van der Waals surface area contributed by atoms with Crippen LogP contribution in [-0.2, 0) is 4.79 Å². The molecule has 0 aliphatic heterocycles. The first-order chi connectivity index (χ1) is 12.0. The van der Waals surface area contributed by atoms with Gasteiger partial charge in [-0.05, 0) is 30.4 Å². The van der Waals surface area contributed by atoms with Gasteiger partial charge in [0.1, 0.15) is 4.67 Å². The summed E-state index contributed by atoms with van der Waals surface area (Å²) in [6, 6.07) is 4.28. The molecular weight excluding hydrogens is 342 g/mol. The maximum Gasteiger partial charge on any atom is 0.270 e. The summed E-state index contributed by atoms with van der Waals surface area (Å²) in [4.78, 5) is 39.1. The summed E-state index contributed by atoms with van der Waals surface area (Å²) < 4.78 is 1.84. The van der Waals surface area contributed by atoms with Gasteiger partial charge >= 0.3 is 0 Å². The quantitative estimate of drug-likeness (QED) is 0.547. The maximum absolute atomic E-state index is 12.4. The summed E-state index contributed by atoms with van der Waals surface area (Å²) in [5, 5.41) is 11.5. The van der Waals surface area contributed by atoms with E-state index in [0.717, 1.165) is 37.2 Å². The minimum Gasteiger partial charge on any atom is -0.273 e. The Balaban J connectivity index is 2.56. The molecule has 0 aliphatic rings. The van der Waals surface area contributed by atoms with Gasteiger partial charge in [0.25, 0.3) is 5.69 Å². The molecular formula is C17H21N3O4S. The fraction of sp³-hybridized carbons (Fsp3) is 0.471. The number of nitro benzene ring substituents is 1. The molecule has 0 N–H and O–H groups in total. The monoisotopic (exact) mass is 363 g/mol. The Kier molecular flexibility index (Phi) is 6.58. The van der Waals surface area contributed by atoms with E-state index in [1.165, 1.54) is 16.1 Å². The van der Waals surface area contributed by atoms with Crippen LogP contribution >= 0.6 is 11.5 Å². The Hall–Kier alpha value is -2.35. The molecule has 0 saturated carbocycles. The second-order valence-electron chi connectivity index (χ2n) is 5.76. The number of non-ortho nitro benzene ring substituents is 1. The van der Waals surface area contributed by atoms with Crippen molar-refractivity contribution in [3.05, 3.63) is 33.0 Å². The van der Waals surface area contributed by atoms with Gasteiger partial charge in [0.15, 0.2) is 0 Å². The molecule has 2 aromatic rings. The summed E-state index contributed by atoms with van der Waals surface area (Å²) in [5.74, 6) is -0.363. The van der Waals surface area contributed by atoms with Gasteiger partial charge in [-0.15, -0.1) is 0 Å². The fourth-order valence-corrected chi connectivity index (χ4v) is 3.39. The molecule has 0 aliphatic carbocycles. The Morgan fingerprint density at radius 1 is 1.20 bits per heavy atom. The van der Waals surface area contributed by atoms with Gasteiger partial charge in [0, 0.05) is 30.4 Å². The molecule has 0 bridgehead atoms. The van der Waals surface area contributed by atoms with Gasteiger partial charge in [0.05, 0.1) is 10.4 Å². The first-order valence-electron chi connectivity index (χ1n) is 8.39. The number of carbonyl (C=O) groups excluding carboxylic acids is 2. The Bertz CT molecular complexity index is 866. The van der Waals surface area contributed by atoms with E-state index in [2.05, 4.69) is 4.99 Å². The molecule has 1 aromatic heterocycles. The number of benzene rings is 1. The van der Waals surface area contributed by atoms with Crippen LogP contribution in [0, 0.1) is 10.1 Å². The van der Waals surface area contributed by atoms with Crippen molar-refractivity contribution in [3.8, 4) is 0 Å². The van der Waals surface area contributed by atoms with Crippen LogP contribution in [0.3, 0.4) is 0 Å². The van der Waals surface area contributed by atoms with Gasteiger partial charge in [-0.3, -0.25) is 19.7 Å². The largest absolute Gasteiger partial charge is 0.273 e. The van der Waals surface area contributed by atoms with Gasteiger partial charge in [-0.25, -0.2) is 8.95 Å². The van der Waals surface area contributed by atoms with Gasteiger partial charge in [0.2, 0.25) is 11.8 Å². The second-order valence-corrected chi connectivity index (χ2v) is 6.69. The fourth-order valence-electron chi connectivity index (χ4n) is 2.36. The third kappa shape index (κ3) is 4.60. The average molecular weight is 363 g/mol. The number of amides is 1. The standard InChI is InChI=1S/C17H21N3O4S/c1-3-5-7-15(21)18-17-13-11-12(20(23)24)9-10-14(13)19(25-17)16(22)8-6-4-2/h9-11H,3-8H2,1-2H3. The predicted octanol–water partition coefficient (Wildman–Crippen LogP) is 4.06. The van der Waals surface area contributed by atoms with E-state index in [1.54, 1.807) is 6.07 Å². The van der Waals surface area contributed by atoms with Crippen LogP contribution in [0.5, 0.6) is 0 Å². The zero-order valence-corrected chi connectivity index (χ0v) is 15.2. The molecule has 1 aromatic carbocycles. The van der Waals surface area contributed by atoms with Crippen molar-refractivity contribution in [3.63, 3.8) is 0 Å². The third-order valence-corrected chi connectivity index (χ3v) is 4.83. The van der Waals surface area contributed by atoms with Crippen molar-refractivity contribution in [2.24, 2.45) is 4.99 Å². The van der Waals surface area contributed by atoms with Crippen molar-refractivity contribution in [1.82, 2.24) is 3.96 Å². The van der Waals surface area contributed by atoms with Crippen molar-refractivity contribution in [2.45, 2.75) is 52.4 Å². The highest BCUT2D eigenvalue weighted by Crippen LogP contribution is 2.22. The third-order valence-electron chi connectivity index (χ3n) is 3.76. The van der Waals surface area contributed by atoms with Gasteiger partial charge < -0.3 is 0 Å². The van der Waals surface area contributed by atoms with Gasteiger partial charge in [-0.1, -0.05) is 26.7 Å². The van der Waals surface area contributed by atoms with E-state index < -0.39 is 4.92 Å². The first-order valence-corrected chi connectivity index (χ1v) is 9.16. The van der Waals surface area contributed by atoms with Crippen LogP contribution in [-0.4, -0.2) is 20.7 Å². The van der Waals surface area contributed by atoms with Crippen molar-refractivity contribution in [2.75, 3.05) is 0 Å². The average Bonchev–Trinajstić information content (AvgIpc) is 2.95. The number of rotatable bonds is 7. The van der Waals surface area contributed by atoms with Crippen LogP contribution in [0.15, 0.2) is 23.2 Å². The van der Waals surface area contributed by atoms with Crippen LogP contribution in [0.2, 0.25) is 0 Å². The lowest BCUT2D eigenvalue weighted by Crippen LogP contribution is -2.07. The van der Waals surface area contributed by atoms with Gasteiger partial charge in [-0.2, -0.15) is 0 Å². The molecule has 8 heteroatoms. The number of nitro groups is 1. The van der Waals surface area contributed by atoms with E-state index in [0.29, 0.717) is 28.4 Å². The van der Waals surface area contributed by atoms with Crippen molar-refractivity contribution >= 4 is 39.9 Å². The first kappa shape index (κ1) is 19.0. The second kappa shape index (κ2) is 8.66. The summed E-state index contributed by atoms with van der Waals surface area (Å²) in [6.07, 6.45) is 3.99. The molecule has 7 nitrogen and oxygen atoms in total. The SMILES string of the molecule is CCCCC(=O)N=c1sn(C(=O)CCCC)c2ccc([N+](=O)[O-])cc12. The number of nitrogens with zero attached hydrogens (tertiary/aromatic N) is 3. The molecule has 25 heavy (non-hydrogen) atoms. The van der Waals surface area contributed by atoms with Crippen LogP contribution in [0.1, 0.15) is 57.2 Å². The molecule has 1 amide bonds. The van der Waals surface area contributed by atoms with E-state index in [1.807, 2.05) is 13.8 Å². The molecule has 0 atom stereocenters. The molecule has 2 rings (SSSR count). The maximum atomic E-state index is 12.4.